The molecular formula is C17H26N6O. The predicted molar refractivity (Wildman–Crippen MR) is 91.5 cm³/mol. The average Bonchev–Trinajstić information content (AvgIpc) is 2.86. The van der Waals surface area contributed by atoms with Gasteiger partial charge in [0.1, 0.15) is 12.4 Å². The second-order valence-corrected chi connectivity index (χ2v) is 6.42. The number of hydrogen-bond donors (Lipinski definition) is 0. The Morgan fingerprint density at radius 3 is 2.75 bits per heavy atom. The summed E-state index contributed by atoms with van der Waals surface area (Å²) in [6.45, 7) is 6.03. The van der Waals surface area contributed by atoms with E-state index in [2.05, 4.69) is 41.7 Å². The van der Waals surface area contributed by atoms with Gasteiger partial charge in [0.05, 0.1) is 6.61 Å². The highest BCUT2D eigenvalue weighted by Gasteiger charge is 2.18. The fraction of sp³-hybridized carbons (Fsp3) is 0.588. The Balaban J connectivity index is 1.54. The van der Waals surface area contributed by atoms with Gasteiger partial charge in [0.15, 0.2) is 5.82 Å². The lowest BCUT2D eigenvalue weighted by Crippen LogP contribution is -2.26. The second-order valence-electron chi connectivity index (χ2n) is 6.42. The van der Waals surface area contributed by atoms with Crippen molar-refractivity contribution in [3.8, 4) is 0 Å². The summed E-state index contributed by atoms with van der Waals surface area (Å²) in [6, 6.07) is 4.16. The van der Waals surface area contributed by atoms with Gasteiger partial charge in [-0.1, -0.05) is 0 Å². The molecule has 130 valence electrons. The molecule has 0 amide bonds. The monoisotopic (exact) mass is 330 g/mol. The van der Waals surface area contributed by atoms with Gasteiger partial charge in [-0.05, 0) is 31.8 Å². The van der Waals surface area contributed by atoms with Crippen LogP contribution in [0, 0.1) is 0 Å². The SMILES string of the molecule is CN(C)CCOCc1nnc2n1CCN(Cc1ccncc1)CC2. The molecule has 7 heteroatoms. The fourth-order valence-corrected chi connectivity index (χ4v) is 2.85. The van der Waals surface area contributed by atoms with Crippen LogP contribution in [0.2, 0.25) is 0 Å². The summed E-state index contributed by atoms with van der Waals surface area (Å²) in [7, 11) is 4.09. The van der Waals surface area contributed by atoms with Gasteiger partial charge >= 0.3 is 0 Å². The maximum Gasteiger partial charge on any atom is 0.159 e. The van der Waals surface area contributed by atoms with Gasteiger partial charge < -0.3 is 14.2 Å². The Hall–Kier alpha value is -1.83. The standard InChI is InChI=1S/C17H26N6O/c1-21(2)11-12-24-14-17-20-19-16-5-8-22(9-10-23(16)17)13-15-3-6-18-7-4-15/h3-4,6-7H,5,8-14H2,1-2H3. The third-order valence-electron chi connectivity index (χ3n) is 4.27. The summed E-state index contributed by atoms with van der Waals surface area (Å²) in [4.78, 5) is 8.65. The first-order valence-electron chi connectivity index (χ1n) is 8.47. The first kappa shape index (κ1) is 17.0. The Labute approximate surface area is 143 Å². The Bertz CT molecular complexity index is 627. The maximum atomic E-state index is 5.73. The van der Waals surface area contributed by atoms with Gasteiger partial charge in [0, 0.05) is 51.5 Å². The number of fused-ring (bicyclic) bond motifs is 1. The minimum absolute atomic E-state index is 0.533. The van der Waals surface area contributed by atoms with E-state index in [0.29, 0.717) is 13.2 Å². The van der Waals surface area contributed by atoms with E-state index >= 15 is 0 Å². The molecule has 0 atom stereocenters. The second kappa shape index (κ2) is 8.32. The quantitative estimate of drug-likeness (QED) is 0.700. The van der Waals surface area contributed by atoms with Gasteiger partial charge in [-0.3, -0.25) is 9.88 Å². The minimum Gasteiger partial charge on any atom is -0.372 e. The lowest BCUT2D eigenvalue weighted by Gasteiger charge is -2.19. The third kappa shape index (κ3) is 4.59. The van der Waals surface area contributed by atoms with Crippen molar-refractivity contribution in [3.05, 3.63) is 41.7 Å². The molecule has 1 aliphatic heterocycles. The van der Waals surface area contributed by atoms with Crippen LogP contribution >= 0.6 is 0 Å². The zero-order valence-electron chi connectivity index (χ0n) is 14.6. The molecule has 0 spiro atoms. The molecule has 24 heavy (non-hydrogen) atoms. The van der Waals surface area contributed by atoms with Gasteiger partial charge in [0.25, 0.3) is 0 Å². The van der Waals surface area contributed by atoms with Crippen molar-refractivity contribution in [1.29, 1.82) is 0 Å². The van der Waals surface area contributed by atoms with E-state index in [0.717, 1.165) is 50.8 Å². The summed E-state index contributed by atoms with van der Waals surface area (Å²) in [5.74, 6) is 2.01. The van der Waals surface area contributed by atoms with Crippen molar-refractivity contribution in [2.45, 2.75) is 26.1 Å². The molecule has 0 aromatic carbocycles. The van der Waals surface area contributed by atoms with Crippen LogP contribution < -0.4 is 0 Å². The predicted octanol–water partition coefficient (Wildman–Crippen LogP) is 0.810. The molecule has 0 unspecified atom stereocenters. The molecule has 0 saturated heterocycles. The molecule has 7 nitrogen and oxygen atoms in total. The van der Waals surface area contributed by atoms with E-state index in [1.807, 2.05) is 26.5 Å². The van der Waals surface area contributed by atoms with Crippen LogP contribution in [0.5, 0.6) is 0 Å². The summed E-state index contributed by atoms with van der Waals surface area (Å²) in [6.07, 6.45) is 4.63. The van der Waals surface area contributed by atoms with Crippen LogP contribution in [-0.2, 0) is 30.9 Å². The molecule has 0 N–H and O–H groups in total. The molecule has 0 aliphatic carbocycles. The Morgan fingerprint density at radius 2 is 1.96 bits per heavy atom. The summed E-state index contributed by atoms with van der Waals surface area (Å²) in [5.41, 5.74) is 1.30. The van der Waals surface area contributed by atoms with E-state index in [1.165, 1.54) is 5.56 Å². The first-order chi connectivity index (χ1) is 11.7. The summed E-state index contributed by atoms with van der Waals surface area (Å²) in [5, 5.41) is 8.67. The van der Waals surface area contributed by atoms with Crippen LogP contribution in [0.1, 0.15) is 17.2 Å². The zero-order valence-corrected chi connectivity index (χ0v) is 14.6. The molecule has 0 bridgehead atoms. The third-order valence-corrected chi connectivity index (χ3v) is 4.27. The van der Waals surface area contributed by atoms with Gasteiger partial charge in [-0.15, -0.1) is 10.2 Å². The molecular weight excluding hydrogens is 304 g/mol. The molecule has 1 aliphatic rings. The van der Waals surface area contributed by atoms with E-state index in [4.69, 9.17) is 4.74 Å². The lowest BCUT2D eigenvalue weighted by atomic mass is 10.2. The zero-order chi connectivity index (χ0) is 16.8. The Kier molecular flexibility index (Phi) is 5.90. The molecule has 0 radical (unpaired) electrons. The van der Waals surface area contributed by atoms with Crippen molar-refractivity contribution in [2.24, 2.45) is 0 Å². The molecule has 0 fully saturated rings. The van der Waals surface area contributed by atoms with Crippen molar-refractivity contribution >= 4 is 0 Å². The lowest BCUT2D eigenvalue weighted by molar-refractivity contribution is 0.0978. The largest absolute Gasteiger partial charge is 0.372 e. The molecule has 2 aromatic rings. The number of pyridine rings is 1. The van der Waals surface area contributed by atoms with Gasteiger partial charge in [-0.2, -0.15) is 0 Å². The molecule has 0 saturated carbocycles. The minimum atomic E-state index is 0.533. The highest BCUT2D eigenvalue weighted by Crippen LogP contribution is 2.12. The van der Waals surface area contributed by atoms with Crippen LogP contribution in [-0.4, -0.2) is 69.9 Å². The highest BCUT2D eigenvalue weighted by molar-refractivity contribution is 5.09. The van der Waals surface area contributed by atoms with Crippen LogP contribution in [0.15, 0.2) is 24.5 Å². The van der Waals surface area contributed by atoms with Crippen molar-refractivity contribution in [2.75, 3.05) is 40.3 Å². The fourth-order valence-electron chi connectivity index (χ4n) is 2.85. The normalized spacial score (nSPS) is 15.5. The van der Waals surface area contributed by atoms with E-state index in [1.54, 1.807) is 0 Å². The maximum absolute atomic E-state index is 5.73. The van der Waals surface area contributed by atoms with E-state index < -0.39 is 0 Å². The Morgan fingerprint density at radius 1 is 1.12 bits per heavy atom. The highest BCUT2D eigenvalue weighted by atomic mass is 16.5. The summed E-state index contributed by atoms with van der Waals surface area (Å²) < 4.78 is 7.96. The van der Waals surface area contributed by atoms with Crippen LogP contribution in [0.4, 0.5) is 0 Å². The number of ether oxygens (including phenoxy) is 1. The van der Waals surface area contributed by atoms with Crippen molar-refractivity contribution in [1.82, 2.24) is 29.5 Å². The molecule has 3 heterocycles. The van der Waals surface area contributed by atoms with Crippen molar-refractivity contribution in [3.63, 3.8) is 0 Å². The van der Waals surface area contributed by atoms with Crippen LogP contribution in [0.25, 0.3) is 0 Å². The number of hydrogen-bond acceptors (Lipinski definition) is 6. The van der Waals surface area contributed by atoms with E-state index in [-0.39, 0.29) is 0 Å². The van der Waals surface area contributed by atoms with Crippen molar-refractivity contribution < 1.29 is 4.74 Å². The van der Waals surface area contributed by atoms with Crippen LogP contribution in [0.3, 0.4) is 0 Å². The average molecular weight is 330 g/mol. The topological polar surface area (TPSA) is 59.3 Å². The number of aromatic nitrogens is 4. The smallest absolute Gasteiger partial charge is 0.159 e. The molecule has 3 rings (SSSR count). The molecule has 2 aromatic heterocycles. The number of likely N-dealkylation sites (N-methyl/N-ethyl adjacent to an activating group) is 1. The first-order valence-corrected chi connectivity index (χ1v) is 8.47. The van der Waals surface area contributed by atoms with Gasteiger partial charge in [-0.25, -0.2) is 0 Å². The summed E-state index contributed by atoms with van der Waals surface area (Å²) >= 11 is 0. The number of rotatable bonds is 7. The van der Waals surface area contributed by atoms with Gasteiger partial charge in [0.2, 0.25) is 0 Å². The van der Waals surface area contributed by atoms with E-state index in [9.17, 15) is 0 Å². The number of nitrogens with zero attached hydrogens (tertiary/aromatic N) is 6.